The van der Waals surface area contributed by atoms with Crippen LogP contribution in [0, 0.1) is 5.41 Å². The Morgan fingerprint density at radius 2 is 2.00 bits per heavy atom. The topological polar surface area (TPSA) is 64.4 Å². The lowest BCUT2D eigenvalue weighted by atomic mass is 9.94. The van der Waals surface area contributed by atoms with E-state index in [2.05, 4.69) is 5.10 Å². The number of nitrogens with zero attached hydrogens (tertiary/aromatic N) is 3. The minimum Gasteiger partial charge on any atom is -0.469 e. The zero-order valence-electron chi connectivity index (χ0n) is 12.8. The molecule has 112 valence electrons. The van der Waals surface area contributed by atoms with Crippen molar-refractivity contribution >= 4 is 11.7 Å². The monoisotopic (exact) mass is 281 g/mol. The molecule has 20 heavy (non-hydrogen) atoms. The Balaban J connectivity index is 3.00. The fourth-order valence-electron chi connectivity index (χ4n) is 2.02. The fraction of sp³-hybridized carbons (Fsp3) is 0.643. The third-order valence-electron chi connectivity index (χ3n) is 3.27. The number of hydrogen-bond acceptors (Lipinski definition) is 5. The van der Waals surface area contributed by atoms with Gasteiger partial charge in [0.2, 0.25) is 0 Å². The van der Waals surface area contributed by atoms with E-state index in [1.54, 1.807) is 26.1 Å². The predicted molar refractivity (Wildman–Crippen MR) is 77.9 cm³/mol. The van der Waals surface area contributed by atoms with Crippen LogP contribution in [0.4, 0.5) is 5.69 Å². The van der Waals surface area contributed by atoms with Gasteiger partial charge < -0.3 is 9.64 Å². The van der Waals surface area contributed by atoms with Crippen molar-refractivity contribution in [1.29, 1.82) is 0 Å². The number of anilines is 1. The van der Waals surface area contributed by atoms with Crippen LogP contribution < -0.4 is 10.5 Å². The summed E-state index contributed by atoms with van der Waals surface area (Å²) in [6.45, 7) is 9.32. The molecule has 0 aliphatic rings. The molecular formula is C14H23N3O3. The molecule has 1 aromatic rings. The highest BCUT2D eigenvalue weighted by atomic mass is 16.5. The van der Waals surface area contributed by atoms with Crippen molar-refractivity contribution in [3.8, 4) is 0 Å². The van der Waals surface area contributed by atoms with Crippen molar-refractivity contribution in [2.45, 2.75) is 34.2 Å². The maximum Gasteiger partial charge on any atom is 0.313 e. The van der Waals surface area contributed by atoms with E-state index in [-0.39, 0.29) is 18.1 Å². The van der Waals surface area contributed by atoms with Gasteiger partial charge in [-0.25, -0.2) is 4.68 Å². The van der Waals surface area contributed by atoms with Crippen LogP contribution >= 0.6 is 0 Å². The van der Waals surface area contributed by atoms with E-state index in [0.717, 1.165) is 18.8 Å². The summed E-state index contributed by atoms with van der Waals surface area (Å²) in [5.74, 6) is -0.362. The van der Waals surface area contributed by atoms with E-state index >= 15 is 0 Å². The van der Waals surface area contributed by atoms with E-state index < -0.39 is 5.41 Å². The quantitative estimate of drug-likeness (QED) is 0.735. The Bertz CT molecular complexity index is 519. The van der Waals surface area contributed by atoms with Crippen molar-refractivity contribution < 1.29 is 9.53 Å². The molecule has 0 amide bonds. The van der Waals surface area contributed by atoms with Crippen molar-refractivity contribution in [2.24, 2.45) is 5.41 Å². The molecular weight excluding hydrogens is 258 g/mol. The van der Waals surface area contributed by atoms with Gasteiger partial charge in [-0.3, -0.25) is 9.59 Å². The molecule has 0 fully saturated rings. The summed E-state index contributed by atoms with van der Waals surface area (Å²) in [5.41, 5.74) is -0.207. The van der Waals surface area contributed by atoms with Gasteiger partial charge in [-0.2, -0.15) is 5.10 Å². The molecule has 0 spiro atoms. The standard InChI is InChI=1S/C14H23N3O3/c1-6-16(7-2)11-8-12(18)17(15-9-11)10-14(3,4)13(19)20-5/h8-9H,6-7,10H2,1-5H3. The molecule has 0 aliphatic heterocycles. The number of aromatic nitrogens is 2. The smallest absolute Gasteiger partial charge is 0.313 e. The van der Waals surface area contributed by atoms with Crippen LogP contribution in [-0.2, 0) is 16.1 Å². The van der Waals surface area contributed by atoms with Gasteiger partial charge in [0.05, 0.1) is 31.0 Å². The largest absolute Gasteiger partial charge is 0.469 e. The molecule has 0 aromatic carbocycles. The molecule has 6 nitrogen and oxygen atoms in total. The van der Waals surface area contributed by atoms with Crippen molar-refractivity contribution in [3.63, 3.8) is 0 Å². The Morgan fingerprint density at radius 3 is 2.45 bits per heavy atom. The predicted octanol–water partition coefficient (Wildman–Crippen LogP) is 1.29. The zero-order chi connectivity index (χ0) is 15.3. The minimum absolute atomic E-state index is 0.192. The van der Waals surface area contributed by atoms with Crippen molar-refractivity contribution in [1.82, 2.24) is 9.78 Å². The summed E-state index contributed by atoms with van der Waals surface area (Å²) in [6.07, 6.45) is 1.65. The van der Waals surface area contributed by atoms with Crippen molar-refractivity contribution in [2.75, 3.05) is 25.1 Å². The number of ether oxygens (including phenoxy) is 1. The molecule has 0 unspecified atom stereocenters. The van der Waals surface area contributed by atoms with Gasteiger partial charge in [0.25, 0.3) is 5.56 Å². The van der Waals surface area contributed by atoms with Crippen LogP contribution in [0.15, 0.2) is 17.1 Å². The molecule has 0 N–H and O–H groups in total. The third-order valence-corrected chi connectivity index (χ3v) is 3.27. The fourth-order valence-corrected chi connectivity index (χ4v) is 2.02. The second-order valence-corrected chi connectivity index (χ2v) is 5.26. The van der Waals surface area contributed by atoms with Gasteiger partial charge in [-0.05, 0) is 27.7 Å². The van der Waals surface area contributed by atoms with Crippen molar-refractivity contribution in [3.05, 3.63) is 22.6 Å². The molecule has 0 aliphatic carbocycles. The Labute approximate surface area is 119 Å². The zero-order valence-corrected chi connectivity index (χ0v) is 12.8. The highest BCUT2D eigenvalue weighted by Crippen LogP contribution is 2.19. The Morgan fingerprint density at radius 1 is 1.40 bits per heavy atom. The number of methoxy groups -OCH3 is 1. The molecule has 0 bridgehead atoms. The molecule has 0 saturated heterocycles. The van der Waals surface area contributed by atoms with Gasteiger partial charge in [0.15, 0.2) is 0 Å². The second-order valence-electron chi connectivity index (χ2n) is 5.26. The first-order chi connectivity index (χ1) is 9.35. The second kappa shape index (κ2) is 6.54. The average molecular weight is 281 g/mol. The summed E-state index contributed by atoms with van der Waals surface area (Å²) >= 11 is 0. The molecule has 1 heterocycles. The third kappa shape index (κ3) is 3.59. The van der Waals surface area contributed by atoms with Crippen LogP contribution in [0.25, 0.3) is 0 Å². The Hall–Kier alpha value is -1.85. The molecule has 0 saturated carbocycles. The van der Waals surface area contributed by atoms with Crippen LogP contribution in [0.5, 0.6) is 0 Å². The maximum absolute atomic E-state index is 12.1. The minimum atomic E-state index is -0.789. The van der Waals surface area contributed by atoms with Gasteiger partial charge in [-0.1, -0.05) is 0 Å². The molecule has 6 heteroatoms. The van der Waals surface area contributed by atoms with Gasteiger partial charge in [-0.15, -0.1) is 0 Å². The summed E-state index contributed by atoms with van der Waals surface area (Å²) in [7, 11) is 1.34. The van der Waals surface area contributed by atoms with E-state index in [1.165, 1.54) is 11.8 Å². The summed E-state index contributed by atoms with van der Waals surface area (Å²) in [5, 5.41) is 4.15. The first-order valence-electron chi connectivity index (χ1n) is 6.76. The van der Waals surface area contributed by atoms with Crippen LogP contribution in [0.3, 0.4) is 0 Å². The normalized spacial score (nSPS) is 11.2. The molecule has 1 rings (SSSR count). The SMILES string of the molecule is CCN(CC)c1cnn(CC(C)(C)C(=O)OC)c(=O)c1. The Kier molecular flexibility index (Phi) is 5.30. The highest BCUT2D eigenvalue weighted by Gasteiger charge is 2.30. The lowest BCUT2D eigenvalue weighted by Crippen LogP contribution is -2.36. The average Bonchev–Trinajstić information content (AvgIpc) is 2.42. The number of carbonyl (C=O) groups is 1. The van der Waals surface area contributed by atoms with Gasteiger partial charge in [0, 0.05) is 19.2 Å². The van der Waals surface area contributed by atoms with E-state index in [1.807, 2.05) is 18.7 Å². The first-order valence-corrected chi connectivity index (χ1v) is 6.76. The first kappa shape index (κ1) is 16.2. The van der Waals surface area contributed by atoms with Gasteiger partial charge in [0.1, 0.15) is 0 Å². The maximum atomic E-state index is 12.1. The van der Waals surface area contributed by atoms with Crippen LogP contribution in [0.1, 0.15) is 27.7 Å². The van der Waals surface area contributed by atoms with E-state index in [9.17, 15) is 9.59 Å². The number of carbonyl (C=O) groups excluding carboxylic acids is 1. The number of rotatable bonds is 6. The van der Waals surface area contributed by atoms with Crippen LogP contribution in [-0.4, -0.2) is 35.9 Å². The molecule has 0 radical (unpaired) electrons. The summed E-state index contributed by atoms with van der Waals surface area (Å²) in [4.78, 5) is 25.8. The molecule has 0 atom stereocenters. The highest BCUT2D eigenvalue weighted by molar-refractivity contribution is 5.75. The van der Waals surface area contributed by atoms with E-state index in [0.29, 0.717) is 0 Å². The number of hydrogen-bond donors (Lipinski definition) is 0. The lowest BCUT2D eigenvalue weighted by Gasteiger charge is -2.23. The number of esters is 1. The summed E-state index contributed by atoms with van der Waals surface area (Å²) in [6, 6.07) is 1.55. The van der Waals surface area contributed by atoms with Crippen LogP contribution in [0.2, 0.25) is 0 Å². The molecule has 1 aromatic heterocycles. The lowest BCUT2D eigenvalue weighted by molar-refractivity contribution is -0.151. The van der Waals surface area contributed by atoms with E-state index in [4.69, 9.17) is 4.74 Å². The summed E-state index contributed by atoms with van der Waals surface area (Å²) < 4.78 is 6.03. The van der Waals surface area contributed by atoms with Gasteiger partial charge >= 0.3 is 5.97 Å².